The fraction of sp³-hybridized carbons (Fsp3) is 0.211. The van der Waals surface area contributed by atoms with Crippen LogP contribution < -0.4 is 10.1 Å². The molecule has 0 spiro atoms. The summed E-state index contributed by atoms with van der Waals surface area (Å²) in [5, 5.41) is 7.21. The number of aryl methyl sites for hydroxylation is 2. The third-order valence-corrected chi connectivity index (χ3v) is 4.11. The van der Waals surface area contributed by atoms with Gasteiger partial charge in [-0.1, -0.05) is 22.8 Å². The molecule has 0 aliphatic rings. The number of hydrogen-bond donors (Lipinski definition) is 1. The van der Waals surface area contributed by atoms with E-state index in [1.165, 1.54) is 5.56 Å². The van der Waals surface area contributed by atoms with Gasteiger partial charge in [-0.2, -0.15) is 4.98 Å². The lowest BCUT2D eigenvalue weighted by Gasteiger charge is -2.08. The van der Waals surface area contributed by atoms with Crippen LogP contribution in [0, 0.1) is 13.8 Å². The fourth-order valence-corrected chi connectivity index (χ4v) is 2.35. The topological polar surface area (TPSA) is 77.2 Å². The van der Waals surface area contributed by atoms with Crippen LogP contribution in [0.4, 0.5) is 0 Å². The number of rotatable bonds is 6. The van der Waals surface area contributed by atoms with Crippen LogP contribution in [0.25, 0.3) is 11.4 Å². The van der Waals surface area contributed by atoms with E-state index < -0.39 is 0 Å². The first-order valence-corrected chi connectivity index (χ1v) is 8.44. The van der Waals surface area contributed by atoms with Gasteiger partial charge in [-0.25, -0.2) is 0 Å². The van der Waals surface area contributed by atoms with E-state index in [1.54, 1.807) is 24.3 Å². The minimum absolute atomic E-state index is 0.0827. The second-order valence-electron chi connectivity index (χ2n) is 5.83. The Balaban J connectivity index is 1.50. The molecule has 0 aliphatic carbocycles. The molecule has 0 saturated carbocycles. The third kappa shape index (κ3) is 4.61. The maximum atomic E-state index is 11.9. The Morgan fingerprint density at radius 2 is 1.92 bits per heavy atom. The average Bonchev–Trinajstić information content (AvgIpc) is 3.10. The van der Waals surface area contributed by atoms with E-state index in [0.29, 0.717) is 22.5 Å². The Kier molecular flexibility index (Phi) is 5.53. The Hall–Kier alpha value is -2.86. The minimum atomic E-state index is -0.269. The molecular formula is C19H18ClN3O3. The summed E-state index contributed by atoms with van der Waals surface area (Å²) in [4.78, 5) is 16.2. The highest BCUT2D eigenvalue weighted by Crippen LogP contribution is 2.19. The summed E-state index contributed by atoms with van der Waals surface area (Å²) in [7, 11) is 0. The molecule has 7 heteroatoms. The molecule has 134 valence electrons. The second kappa shape index (κ2) is 8.01. The van der Waals surface area contributed by atoms with Gasteiger partial charge in [0.1, 0.15) is 5.75 Å². The molecule has 0 radical (unpaired) electrons. The monoisotopic (exact) mass is 371 g/mol. The normalized spacial score (nSPS) is 10.6. The van der Waals surface area contributed by atoms with Gasteiger partial charge in [-0.05, 0) is 61.4 Å². The van der Waals surface area contributed by atoms with Gasteiger partial charge in [0.25, 0.3) is 5.91 Å². The Morgan fingerprint density at radius 1 is 1.15 bits per heavy atom. The van der Waals surface area contributed by atoms with Crippen molar-refractivity contribution in [2.75, 3.05) is 6.61 Å². The molecular weight excluding hydrogens is 354 g/mol. The van der Waals surface area contributed by atoms with Gasteiger partial charge in [0, 0.05) is 10.6 Å². The van der Waals surface area contributed by atoms with Gasteiger partial charge in [0.05, 0.1) is 6.54 Å². The van der Waals surface area contributed by atoms with Gasteiger partial charge >= 0.3 is 0 Å². The van der Waals surface area contributed by atoms with Crippen LogP contribution in [0.15, 0.2) is 47.0 Å². The zero-order chi connectivity index (χ0) is 18.5. The molecule has 26 heavy (non-hydrogen) atoms. The van der Waals surface area contributed by atoms with Crippen molar-refractivity contribution >= 4 is 17.5 Å². The fourth-order valence-electron chi connectivity index (χ4n) is 2.22. The molecule has 3 aromatic rings. The second-order valence-corrected chi connectivity index (χ2v) is 6.27. The van der Waals surface area contributed by atoms with Crippen molar-refractivity contribution in [3.05, 3.63) is 64.5 Å². The average molecular weight is 372 g/mol. The first-order valence-electron chi connectivity index (χ1n) is 8.06. The van der Waals surface area contributed by atoms with Gasteiger partial charge in [0.15, 0.2) is 6.61 Å². The standard InChI is InChI=1S/C19H18ClN3O3/c1-12-3-8-16(9-13(12)2)25-11-17(24)21-10-18-22-19(23-26-18)14-4-6-15(20)7-5-14/h3-9H,10-11H2,1-2H3,(H,21,24). The van der Waals surface area contributed by atoms with Crippen LogP contribution in [0.1, 0.15) is 17.0 Å². The van der Waals surface area contributed by atoms with Crippen LogP contribution in [0.3, 0.4) is 0 Å². The highest BCUT2D eigenvalue weighted by atomic mass is 35.5. The molecule has 2 aromatic carbocycles. The Morgan fingerprint density at radius 3 is 2.65 bits per heavy atom. The van der Waals surface area contributed by atoms with Gasteiger partial charge in [-0.3, -0.25) is 4.79 Å². The van der Waals surface area contributed by atoms with Gasteiger partial charge < -0.3 is 14.6 Å². The number of ether oxygens (including phenoxy) is 1. The predicted molar refractivity (Wildman–Crippen MR) is 98.0 cm³/mol. The summed E-state index contributed by atoms with van der Waals surface area (Å²) in [5.41, 5.74) is 3.08. The number of carbonyl (C=O) groups is 1. The number of benzene rings is 2. The first kappa shape index (κ1) is 17.9. The minimum Gasteiger partial charge on any atom is -0.484 e. The molecule has 0 atom stereocenters. The van der Waals surface area contributed by atoms with E-state index in [2.05, 4.69) is 15.5 Å². The number of halogens is 1. The largest absolute Gasteiger partial charge is 0.484 e. The molecule has 0 saturated heterocycles. The van der Waals surface area contributed by atoms with Crippen molar-refractivity contribution in [1.29, 1.82) is 0 Å². The van der Waals surface area contributed by atoms with E-state index in [0.717, 1.165) is 11.1 Å². The molecule has 1 heterocycles. The summed E-state index contributed by atoms with van der Waals surface area (Å²) in [6.45, 7) is 4.07. The number of aromatic nitrogens is 2. The third-order valence-electron chi connectivity index (χ3n) is 3.86. The molecule has 0 bridgehead atoms. The number of carbonyl (C=O) groups excluding carboxylic acids is 1. The van der Waals surface area contributed by atoms with Crippen molar-refractivity contribution in [3.63, 3.8) is 0 Å². The van der Waals surface area contributed by atoms with Gasteiger partial charge in [-0.15, -0.1) is 0 Å². The highest BCUT2D eigenvalue weighted by molar-refractivity contribution is 6.30. The molecule has 1 amide bonds. The van der Waals surface area contributed by atoms with E-state index in [9.17, 15) is 4.79 Å². The number of nitrogens with one attached hydrogen (secondary N) is 1. The van der Waals surface area contributed by atoms with E-state index in [4.69, 9.17) is 20.9 Å². The predicted octanol–water partition coefficient (Wildman–Crippen LogP) is 3.70. The van der Waals surface area contributed by atoms with Crippen LogP contribution in [0.2, 0.25) is 5.02 Å². The maximum absolute atomic E-state index is 11.9. The molecule has 0 fully saturated rings. The van der Waals surface area contributed by atoms with Crippen molar-refractivity contribution in [2.24, 2.45) is 0 Å². The van der Waals surface area contributed by atoms with Crippen LogP contribution >= 0.6 is 11.6 Å². The quantitative estimate of drug-likeness (QED) is 0.714. The molecule has 3 rings (SSSR count). The van der Waals surface area contributed by atoms with Crippen LogP contribution in [0.5, 0.6) is 5.75 Å². The molecule has 0 aliphatic heterocycles. The van der Waals surface area contributed by atoms with Crippen molar-refractivity contribution in [3.8, 4) is 17.1 Å². The Labute approximate surface area is 156 Å². The first-order chi connectivity index (χ1) is 12.5. The lowest BCUT2D eigenvalue weighted by atomic mass is 10.1. The molecule has 1 aromatic heterocycles. The highest BCUT2D eigenvalue weighted by Gasteiger charge is 2.10. The zero-order valence-corrected chi connectivity index (χ0v) is 15.2. The van der Waals surface area contributed by atoms with E-state index >= 15 is 0 Å². The zero-order valence-electron chi connectivity index (χ0n) is 14.5. The Bertz CT molecular complexity index is 907. The molecule has 1 N–H and O–H groups in total. The smallest absolute Gasteiger partial charge is 0.258 e. The summed E-state index contributed by atoms with van der Waals surface area (Å²) in [6.07, 6.45) is 0. The maximum Gasteiger partial charge on any atom is 0.258 e. The van der Waals surface area contributed by atoms with E-state index in [-0.39, 0.29) is 19.1 Å². The number of hydrogen-bond acceptors (Lipinski definition) is 5. The van der Waals surface area contributed by atoms with Crippen LogP contribution in [-0.2, 0) is 11.3 Å². The summed E-state index contributed by atoms with van der Waals surface area (Å²) in [5.74, 6) is 1.15. The SMILES string of the molecule is Cc1ccc(OCC(=O)NCc2nc(-c3ccc(Cl)cc3)no2)cc1C. The van der Waals surface area contributed by atoms with Crippen molar-refractivity contribution in [2.45, 2.75) is 20.4 Å². The molecule has 6 nitrogen and oxygen atoms in total. The van der Waals surface area contributed by atoms with Crippen molar-refractivity contribution in [1.82, 2.24) is 15.5 Å². The number of amides is 1. The molecule has 0 unspecified atom stereocenters. The van der Waals surface area contributed by atoms with Crippen LogP contribution in [-0.4, -0.2) is 22.7 Å². The summed E-state index contributed by atoms with van der Waals surface area (Å²) < 4.78 is 10.6. The summed E-state index contributed by atoms with van der Waals surface area (Å²) >= 11 is 5.86. The van der Waals surface area contributed by atoms with Crippen molar-refractivity contribution < 1.29 is 14.1 Å². The summed E-state index contributed by atoms with van der Waals surface area (Å²) in [6, 6.07) is 12.8. The lowest BCUT2D eigenvalue weighted by molar-refractivity contribution is -0.123. The number of nitrogens with zero attached hydrogens (tertiary/aromatic N) is 2. The van der Waals surface area contributed by atoms with Gasteiger partial charge in [0.2, 0.25) is 11.7 Å². The van der Waals surface area contributed by atoms with E-state index in [1.807, 2.05) is 32.0 Å². The lowest BCUT2D eigenvalue weighted by Crippen LogP contribution is -2.28.